The van der Waals surface area contributed by atoms with Crippen LogP contribution in [0.15, 0.2) is 29.6 Å². The van der Waals surface area contributed by atoms with Gasteiger partial charge in [-0.2, -0.15) is 0 Å². The zero-order chi connectivity index (χ0) is 20.8. The number of rotatable bonds is 10. The van der Waals surface area contributed by atoms with E-state index in [2.05, 4.69) is 37.6 Å². The van der Waals surface area contributed by atoms with E-state index in [9.17, 15) is 9.59 Å². The predicted molar refractivity (Wildman–Crippen MR) is 116 cm³/mol. The van der Waals surface area contributed by atoms with Crippen LogP contribution >= 0.6 is 35.8 Å². The average Bonchev–Trinajstić information content (AvgIpc) is 2.57. The summed E-state index contributed by atoms with van der Waals surface area (Å²) >= 11 is 15.6. The number of thiol groups is 1. The number of hydrogen-bond donors (Lipinski definition) is 4. The molecule has 0 saturated heterocycles. The highest BCUT2D eigenvalue weighted by atomic mass is 35.5. The van der Waals surface area contributed by atoms with E-state index in [4.69, 9.17) is 39.1 Å². The molecule has 4 N–H and O–H groups in total. The van der Waals surface area contributed by atoms with Crippen molar-refractivity contribution in [3.05, 3.63) is 45.2 Å². The molecule has 1 aromatic carbocycles. The maximum Gasteiger partial charge on any atom is 0.258 e. The van der Waals surface area contributed by atoms with Crippen LogP contribution in [0.3, 0.4) is 0 Å². The topological polar surface area (TPSA) is 105 Å². The Kier molecular flexibility index (Phi) is 9.03. The second-order valence-electron chi connectivity index (χ2n) is 6.94. The highest BCUT2D eigenvalue weighted by molar-refractivity contribution is 7.99. The van der Waals surface area contributed by atoms with Crippen molar-refractivity contribution in [3.8, 4) is 0 Å². The number of hydrogen-bond acceptors (Lipinski definition) is 6. The first-order valence-corrected chi connectivity index (χ1v) is 13.0. The van der Waals surface area contributed by atoms with Crippen molar-refractivity contribution < 1.29 is 14.3 Å². The first kappa shape index (κ1) is 23.7. The molecule has 0 aliphatic rings. The van der Waals surface area contributed by atoms with Crippen LogP contribution in [0.5, 0.6) is 0 Å². The van der Waals surface area contributed by atoms with E-state index in [0.717, 1.165) is 6.04 Å². The quantitative estimate of drug-likeness (QED) is 0.0835. The van der Waals surface area contributed by atoms with Crippen molar-refractivity contribution in [1.29, 1.82) is 5.41 Å². The van der Waals surface area contributed by atoms with Crippen LogP contribution in [0.4, 0.5) is 0 Å². The Balaban J connectivity index is 3.03. The van der Waals surface area contributed by atoms with E-state index in [1.165, 1.54) is 0 Å². The standard InChI is InChI=1S/C17H23Cl2N3O3SSi/c1-27(2,3)8-7-25-9-22-15(16(23)17(24)26)14(21)13(20)10-5-4-6-11(18)12(10)19/h4-6,20,22H,7-9,21H2,1-3H3,(H,24,26)/b15-14+,20-13?. The first-order valence-electron chi connectivity index (χ1n) is 8.08. The number of carbonyl (C=O) groups excluding carboxylic acids is 2. The van der Waals surface area contributed by atoms with Crippen LogP contribution in [0.2, 0.25) is 35.7 Å². The van der Waals surface area contributed by atoms with E-state index in [0.29, 0.717) is 6.61 Å². The van der Waals surface area contributed by atoms with Gasteiger partial charge in [0.15, 0.2) is 0 Å². The second kappa shape index (κ2) is 10.3. The number of nitrogens with one attached hydrogen (secondary N) is 2. The number of benzene rings is 1. The van der Waals surface area contributed by atoms with Gasteiger partial charge < -0.3 is 15.8 Å². The van der Waals surface area contributed by atoms with Crippen molar-refractivity contribution in [2.75, 3.05) is 13.3 Å². The van der Waals surface area contributed by atoms with Gasteiger partial charge in [0.05, 0.1) is 21.5 Å². The number of carbonyl (C=O) groups is 2. The van der Waals surface area contributed by atoms with Gasteiger partial charge in [-0.05, 0) is 12.1 Å². The molecule has 27 heavy (non-hydrogen) atoms. The Labute approximate surface area is 175 Å². The van der Waals surface area contributed by atoms with Crippen LogP contribution in [-0.4, -0.2) is 38.0 Å². The van der Waals surface area contributed by atoms with Gasteiger partial charge in [-0.15, -0.1) is 0 Å². The third-order valence-electron chi connectivity index (χ3n) is 3.53. The van der Waals surface area contributed by atoms with Crippen molar-refractivity contribution in [2.45, 2.75) is 25.7 Å². The molecule has 0 radical (unpaired) electrons. The summed E-state index contributed by atoms with van der Waals surface area (Å²) in [6.07, 6.45) is 0. The van der Waals surface area contributed by atoms with Crippen LogP contribution in [0.25, 0.3) is 0 Å². The molecule has 0 aliphatic heterocycles. The smallest absolute Gasteiger partial charge is 0.258 e. The third kappa shape index (κ3) is 7.31. The van der Waals surface area contributed by atoms with Gasteiger partial charge in [0.1, 0.15) is 12.4 Å². The molecule has 0 amide bonds. The number of Topliss-reactive ketones (excluding diaryl/α,β-unsaturated/α-hetero) is 1. The molecule has 0 atom stereocenters. The van der Waals surface area contributed by atoms with Gasteiger partial charge in [-0.3, -0.25) is 15.0 Å². The molecular formula is C17H23Cl2N3O3SSi. The van der Waals surface area contributed by atoms with Crippen molar-refractivity contribution in [2.24, 2.45) is 5.73 Å². The van der Waals surface area contributed by atoms with E-state index in [1.54, 1.807) is 18.2 Å². The molecule has 0 aromatic heterocycles. The predicted octanol–water partition coefficient (Wildman–Crippen LogP) is 3.46. The van der Waals surface area contributed by atoms with Crippen LogP contribution in [0.1, 0.15) is 5.56 Å². The summed E-state index contributed by atoms with van der Waals surface area (Å²) in [5.41, 5.74) is 5.46. The van der Waals surface area contributed by atoms with Gasteiger partial charge in [0.2, 0.25) is 0 Å². The maximum atomic E-state index is 12.2. The second-order valence-corrected chi connectivity index (χ2v) is 13.8. The largest absolute Gasteiger partial charge is 0.395 e. The number of nitrogens with two attached hydrogens (primary N) is 1. The molecule has 0 saturated carbocycles. The third-order valence-corrected chi connectivity index (χ3v) is 6.25. The Morgan fingerprint density at radius 3 is 2.48 bits per heavy atom. The van der Waals surface area contributed by atoms with E-state index < -0.39 is 19.0 Å². The van der Waals surface area contributed by atoms with Crippen LogP contribution in [-0.2, 0) is 14.3 Å². The maximum absolute atomic E-state index is 12.2. The lowest BCUT2D eigenvalue weighted by atomic mass is 10.0. The minimum absolute atomic E-state index is 0.0378. The van der Waals surface area contributed by atoms with Crippen molar-refractivity contribution >= 4 is 60.5 Å². The molecular weight excluding hydrogens is 425 g/mol. The molecule has 148 valence electrons. The van der Waals surface area contributed by atoms with Crippen LogP contribution < -0.4 is 11.1 Å². The molecule has 1 aromatic rings. The molecule has 0 aliphatic carbocycles. The Morgan fingerprint density at radius 1 is 1.30 bits per heavy atom. The van der Waals surface area contributed by atoms with Crippen molar-refractivity contribution in [1.82, 2.24) is 5.32 Å². The molecule has 0 fully saturated rings. The summed E-state index contributed by atoms with van der Waals surface area (Å²) in [6, 6.07) is 5.65. The molecule has 0 spiro atoms. The summed E-state index contributed by atoms with van der Waals surface area (Å²) in [5, 5.41) is 10.3. The lowest BCUT2D eigenvalue weighted by Crippen LogP contribution is -2.33. The fraction of sp³-hybridized carbons (Fsp3) is 0.353. The van der Waals surface area contributed by atoms with E-state index >= 15 is 0 Å². The zero-order valence-corrected chi connectivity index (χ0v) is 18.8. The minimum atomic E-state index is -1.25. The van der Waals surface area contributed by atoms with Gasteiger partial charge in [-0.25, -0.2) is 0 Å². The highest BCUT2D eigenvalue weighted by Gasteiger charge is 2.23. The Bertz CT molecular complexity index is 779. The molecule has 0 bridgehead atoms. The molecule has 10 heteroatoms. The van der Waals surface area contributed by atoms with Crippen molar-refractivity contribution in [3.63, 3.8) is 0 Å². The fourth-order valence-corrected chi connectivity index (χ4v) is 3.21. The molecule has 0 unspecified atom stereocenters. The van der Waals surface area contributed by atoms with Gasteiger partial charge in [0.25, 0.3) is 10.9 Å². The summed E-state index contributed by atoms with van der Waals surface area (Å²) in [4.78, 5) is 23.6. The Morgan fingerprint density at radius 2 is 1.93 bits per heavy atom. The fourth-order valence-electron chi connectivity index (χ4n) is 1.95. The van der Waals surface area contributed by atoms with E-state index in [-0.39, 0.29) is 39.4 Å². The summed E-state index contributed by atoms with van der Waals surface area (Å²) in [6.45, 7) is 7.12. The number of allylic oxidation sites excluding steroid dienone is 2. The lowest BCUT2D eigenvalue weighted by molar-refractivity contribution is -0.129. The summed E-state index contributed by atoms with van der Waals surface area (Å²) in [5.74, 6) is -0.965. The summed E-state index contributed by atoms with van der Waals surface area (Å²) < 4.78 is 5.48. The normalized spacial score (nSPS) is 12.4. The van der Waals surface area contributed by atoms with Gasteiger partial charge in [0, 0.05) is 20.2 Å². The number of ketones is 1. The SMILES string of the molecule is C[Si](C)(C)CCOCN/C(C(=O)C(=O)S)=C(/N)C(=N)c1cccc(Cl)c1Cl. The van der Waals surface area contributed by atoms with E-state index in [1.807, 2.05) is 0 Å². The highest BCUT2D eigenvalue weighted by Crippen LogP contribution is 2.27. The molecule has 0 heterocycles. The summed E-state index contributed by atoms with van der Waals surface area (Å²) in [7, 11) is -1.25. The first-order chi connectivity index (χ1) is 12.5. The average molecular weight is 448 g/mol. The number of ether oxygens (including phenoxy) is 1. The van der Waals surface area contributed by atoms with Gasteiger partial charge >= 0.3 is 0 Å². The molecule has 1 rings (SSSR count). The lowest BCUT2D eigenvalue weighted by Gasteiger charge is -2.17. The minimum Gasteiger partial charge on any atom is -0.395 e. The monoisotopic (exact) mass is 447 g/mol. The van der Waals surface area contributed by atoms with Gasteiger partial charge in [-0.1, -0.05) is 67.6 Å². The Hall–Kier alpha value is -1.32. The number of halogens is 2. The van der Waals surface area contributed by atoms with Crippen LogP contribution in [0, 0.1) is 5.41 Å². The molecule has 6 nitrogen and oxygen atoms in total. The zero-order valence-electron chi connectivity index (χ0n) is 15.4.